The van der Waals surface area contributed by atoms with E-state index in [4.69, 9.17) is 10.5 Å². The van der Waals surface area contributed by atoms with Crippen LogP contribution in [0.25, 0.3) is 10.2 Å². The third-order valence-electron chi connectivity index (χ3n) is 2.91. The summed E-state index contributed by atoms with van der Waals surface area (Å²) in [6.07, 6.45) is 0.824. The zero-order valence-corrected chi connectivity index (χ0v) is 12.8. The third kappa shape index (κ3) is 2.59. The summed E-state index contributed by atoms with van der Waals surface area (Å²) in [5.74, 6) is 0.822. The smallest absolute Gasteiger partial charge is 0.227 e. The van der Waals surface area contributed by atoms with Crippen molar-refractivity contribution < 1.29 is 4.74 Å². The normalized spacial score (nSPS) is 11.1. The molecular formula is C13H14N4OS2. The molecule has 0 aromatic carbocycles. The molecule has 0 saturated heterocycles. The lowest BCUT2D eigenvalue weighted by atomic mass is 10.3. The van der Waals surface area contributed by atoms with E-state index in [-0.39, 0.29) is 5.95 Å². The maximum absolute atomic E-state index is 5.80. The molecule has 0 atom stereocenters. The summed E-state index contributed by atoms with van der Waals surface area (Å²) in [4.78, 5) is 15.9. The molecule has 0 unspecified atom stereocenters. The van der Waals surface area contributed by atoms with Gasteiger partial charge in [-0.05, 0) is 19.9 Å². The molecule has 0 aliphatic rings. The highest BCUT2D eigenvalue weighted by Gasteiger charge is 2.11. The first kappa shape index (κ1) is 13.3. The van der Waals surface area contributed by atoms with Gasteiger partial charge in [-0.2, -0.15) is 4.98 Å². The van der Waals surface area contributed by atoms with E-state index in [0.717, 1.165) is 22.3 Å². The van der Waals surface area contributed by atoms with Gasteiger partial charge in [-0.1, -0.05) is 0 Å². The van der Waals surface area contributed by atoms with Gasteiger partial charge in [0.25, 0.3) is 0 Å². The number of thiazole rings is 1. The highest BCUT2D eigenvalue weighted by molar-refractivity contribution is 7.18. The van der Waals surface area contributed by atoms with Crippen molar-refractivity contribution in [1.82, 2.24) is 15.0 Å². The fourth-order valence-electron chi connectivity index (χ4n) is 1.95. The van der Waals surface area contributed by atoms with Crippen LogP contribution in [0.3, 0.4) is 0 Å². The van der Waals surface area contributed by atoms with E-state index in [0.29, 0.717) is 12.5 Å². The SMILES string of the molecule is Cc1cc2c(OCCc3scnc3C)nc(N)nc2s1. The van der Waals surface area contributed by atoms with Gasteiger partial charge in [-0.15, -0.1) is 22.7 Å². The van der Waals surface area contributed by atoms with Crippen LogP contribution in [0.2, 0.25) is 0 Å². The van der Waals surface area contributed by atoms with Crippen LogP contribution in [-0.4, -0.2) is 21.6 Å². The second-order valence-corrected chi connectivity index (χ2v) is 6.60. The van der Waals surface area contributed by atoms with Crippen molar-refractivity contribution in [1.29, 1.82) is 0 Å². The Morgan fingerprint density at radius 3 is 2.90 bits per heavy atom. The molecule has 104 valence electrons. The number of hydrogen-bond donors (Lipinski definition) is 1. The van der Waals surface area contributed by atoms with Crippen molar-refractivity contribution in [3.8, 4) is 5.88 Å². The van der Waals surface area contributed by atoms with E-state index in [1.54, 1.807) is 22.7 Å². The minimum absolute atomic E-state index is 0.253. The van der Waals surface area contributed by atoms with Gasteiger partial charge in [-0.25, -0.2) is 9.97 Å². The number of hydrogen-bond acceptors (Lipinski definition) is 7. The predicted octanol–water partition coefficient (Wildman–Crippen LogP) is 2.97. The largest absolute Gasteiger partial charge is 0.477 e. The molecule has 3 heterocycles. The number of nitrogen functional groups attached to an aromatic ring is 1. The molecule has 0 amide bonds. The van der Waals surface area contributed by atoms with Crippen molar-refractivity contribution in [2.75, 3.05) is 12.3 Å². The van der Waals surface area contributed by atoms with E-state index in [1.807, 2.05) is 25.4 Å². The highest BCUT2D eigenvalue weighted by Crippen LogP contribution is 2.30. The lowest BCUT2D eigenvalue weighted by Crippen LogP contribution is -2.05. The minimum Gasteiger partial charge on any atom is -0.477 e. The van der Waals surface area contributed by atoms with E-state index in [1.165, 1.54) is 9.75 Å². The Labute approximate surface area is 124 Å². The topological polar surface area (TPSA) is 73.9 Å². The quantitative estimate of drug-likeness (QED) is 0.802. The van der Waals surface area contributed by atoms with Gasteiger partial charge in [-0.3, -0.25) is 0 Å². The average Bonchev–Trinajstić information content (AvgIpc) is 2.95. The fraction of sp³-hybridized carbons (Fsp3) is 0.308. The van der Waals surface area contributed by atoms with Crippen LogP contribution in [-0.2, 0) is 6.42 Å². The lowest BCUT2D eigenvalue weighted by Gasteiger charge is -2.06. The van der Waals surface area contributed by atoms with Crippen LogP contribution in [0, 0.1) is 13.8 Å². The first-order valence-corrected chi connectivity index (χ1v) is 7.88. The van der Waals surface area contributed by atoms with E-state index < -0.39 is 0 Å². The molecule has 20 heavy (non-hydrogen) atoms. The first-order valence-electron chi connectivity index (χ1n) is 6.19. The molecule has 0 aliphatic heterocycles. The summed E-state index contributed by atoms with van der Waals surface area (Å²) in [6, 6.07) is 2.03. The number of ether oxygens (including phenoxy) is 1. The summed E-state index contributed by atoms with van der Waals surface area (Å²) in [7, 11) is 0. The predicted molar refractivity (Wildman–Crippen MR) is 82.6 cm³/mol. The highest BCUT2D eigenvalue weighted by atomic mass is 32.1. The molecule has 0 saturated carbocycles. The number of anilines is 1. The van der Waals surface area contributed by atoms with Crippen LogP contribution in [0.4, 0.5) is 5.95 Å². The molecule has 0 spiro atoms. The Balaban J connectivity index is 1.78. The van der Waals surface area contributed by atoms with Crippen molar-refractivity contribution >= 4 is 38.8 Å². The summed E-state index contributed by atoms with van der Waals surface area (Å²) < 4.78 is 5.80. The number of nitrogens with two attached hydrogens (primary N) is 1. The molecule has 0 fully saturated rings. The Morgan fingerprint density at radius 1 is 1.30 bits per heavy atom. The molecular weight excluding hydrogens is 292 g/mol. The third-order valence-corrected chi connectivity index (χ3v) is 4.85. The van der Waals surface area contributed by atoms with Gasteiger partial charge in [0.2, 0.25) is 11.8 Å². The van der Waals surface area contributed by atoms with Crippen LogP contribution < -0.4 is 10.5 Å². The van der Waals surface area contributed by atoms with Crippen LogP contribution in [0.15, 0.2) is 11.6 Å². The summed E-state index contributed by atoms with van der Waals surface area (Å²) in [5, 5.41) is 0.933. The molecule has 2 N–H and O–H groups in total. The maximum atomic E-state index is 5.80. The zero-order valence-electron chi connectivity index (χ0n) is 11.2. The molecule has 3 aromatic rings. The second-order valence-electron chi connectivity index (χ2n) is 4.42. The molecule has 7 heteroatoms. The van der Waals surface area contributed by atoms with Crippen molar-refractivity contribution in [3.05, 3.63) is 27.0 Å². The minimum atomic E-state index is 0.253. The second kappa shape index (κ2) is 5.34. The molecule has 3 rings (SSSR count). The molecule has 0 radical (unpaired) electrons. The van der Waals surface area contributed by atoms with Crippen LogP contribution in [0.5, 0.6) is 5.88 Å². The van der Waals surface area contributed by atoms with Crippen molar-refractivity contribution in [2.24, 2.45) is 0 Å². The Morgan fingerprint density at radius 2 is 2.15 bits per heavy atom. The van der Waals surface area contributed by atoms with Gasteiger partial charge in [0.15, 0.2) is 0 Å². The Hall–Kier alpha value is -1.73. The van der Waals surface area contributed by atoms with Gasteiger partial charge in [0, 0.05) is 16.2 Å². The van der Waals surface area contributed by atoms with Crippen LogP contribution in [0.1, 0.15) is 15.4 Å². The zero-order chi connectivity index (χ0) is 14.1. The number of thiophene rings is 1. The van der Waals surface area contributed by atoms with Crippen molar-refractivity contribution in [3.63, 3.8) is 0 Å². The number of rotatable bonds is 4. The van der Waals surface area contributed by atoms with Gasteiger partial charge in [0.1, 0.15) is 4.83 Å². The van der Waals surface area contributed by atoms with Gasteiger partial charge < -0.3 is 10.5 Å². The Bertz CT molecular complexity index is 750. The average molecular weight is 306 g/mol. The number of nitrogens with zero attached hydrogens (tertiary/aromatic N) is 3. The van der Waals surface area contributed by atoms with E-state index in [9.17, 15) is 0 Å². The molecule has 0 aliphatic carbocycles. The lowest BCUT2D eigenvalue weighted by molar-refractivity contribution is 0.314. The standard InChI is InChI=1S/C13H14N4OS2/c1-7-5-9-11(16-13(14)17-12(9)20-7)18-4-3-10-8(2)15-6-19-10/h5-6H,3-4H2,1-2H3,(H2,14,16,17). The Kier molecular flexibility index (Phi) is 3.54. The first-order chi connectivity index (χ1) is 9.63. The monoisotopic (exact) mass is 306 g/mol. The van der Waals surface area contributed by atoms with E-state index in [2.05, 4.69) is 15.0 Å². The molecule has 0 bridgehead atoms. The van der Waals surface area contributed by atoms with E-state index >= 15 is 0 Å². The summed E-state index contributed by atoms with van der Waals surface area (Å²) >= 11 is 3.24. The van der Waals surface area contributed by atoms with Gasteiger partial charge in [0.05, 0.1) is 23.2 Å². The molecule has 5 nitrogen and oxygen atoms in total. The number of aromatic nitrogens is 3. The number of aryl methyl sites for hydroxylation is 2. The van der Waals surface area contributed by atoms with Gasteiger partial charge >= 0.3 is 0 Å². The summed E-state index contributed by atoms with van der Waals surface area (Å²) in [6.45, 7) is 4.60. The fourth-order valence-corrected chi connectivity index (χ4v) is 3.59. The maximum Gasteiger partial charge on any atom is 0.227 e. The van der Waals surface area contributed by atoms with Crippen molar-refractivity contribution in [2.45, 2.75) is 20.3 Å². The molecule has 3 aromatic heterocycles. The summed E-state index contributed by atoms with van der Waals surface area (Å²) in [5.41, 5.74) is 8.64. The van der Waals surface area contributed by atoms with Crippen LogP contribution >= 0.6 is 22.7 Å². The number of fused-ring (bicyclic) bond motifs is 1.